The second kappa shape index (κ2) is 8.92. The molecule has 0 radical (unpaired) electrons. The van der Waals surface area contributed by atoms with Crippen molar-refractivity contribution in [3.05, 3.63) is 34.9 Å². The number of halogens is 3. The van der Waals surface area contributed by atoms with Crippen LogP contribution in [0.25, 0.3) is 0 Å². The van der Waals surface area contributed by atoms with Crippen molar-refractivity contribution in [2.75, 3.05) is 18.6 Å². The molecule has 0 aliphatic carbocycles. The van der Waals surface area contributed by atoms with Crippen LogP contribution in [0.5, 0.6) is 0 Å². The Kier molecular flexibility index (Phi) is 7.58. The summed E-state index contributed by atoms with van der Waals surface area (Å²) in [6, 6.07) is 4.25. The molecule has 1 rings (SSSR count). The van der Waals surface area contributed by atoms with Gasteiger partial charge in [-0.15, -0.1) is 0 Å². The van der Waals surface area contributed by atoms with E-state index in [9.17, 15) is 13.2 Å². The highest BCUT2D eigenvalue weighted by molar-refractivity contribution is 7.99. The predicted molar refractivity (Wildman–Crippen MR) is 87.1 cm³/mol. The summed E-state index contributed by atoms with van der Waals surface area (Å²) in [5.41, 5.74) is 3.02. The molecule has 1 aromatic carbocycles. The quantitative estimate of drug-likeness (QED) is 0.345. The molecule has 1 aromatic rings. The highest BCUT2D eigenvalue weighted by Gasteiger charge is 2.32. The van der Waals surface area contributed by atoms with Gasteiger partial charge >= 0.3 is 6.18 Å². The number of nitrogens with one attached hydrogen (secondary N) is 2. The van der Waals surface area contributed by atoms with Gasteiger partial charge in [-0.1, -0.05) is 19.1 Å². The van der Waals surface area contributed by atoms with Crippen LogP contribution in [0.2, 0.25) is 0 Å². The lowest BCUT2D eigenvalue weighted by atomic mass is 10.0. The second-order valence-corrected chi connectivity index (χ2v) is 6.06. The van der Waals surface area contributed by atoms with Gasteiger partial charge in [-0.3, -0.25) is 0 Å². The summed E-state index contributed by atoms with van der Waals surface area (Å²) in [6.07, 6.45) is -3.57. The van der Waals surface area contributed by atoms with E-state index in [0.717, 1.165) is 29.8 Å². The summed E-state index contributed by atoms with van der Waals surface area (Å²) in [6.45, 7) is 3.91. The number of hydrogen-bond donors (Lipinski definition) is 2. The molecule has 3 nitrogen and oxygen atoms in total. The Hall–Kier alpha value is -1.37. The third-order valence-electron chi connectivity index (χ3n) is 3.17. The summed E-state index contributed by atoms with van der Waals surface area (Å²) < 4.78 is 38.7. The molecule has 124 valence electrons. The molecule has 0 unspecified atom stereocenters. The Morgan fingerprint density at radius 1 is 1.32 bits per heavy atom. The van der Waals surface area contributed by atoms with Crippen molar-refractivity contribution >= 4 is 17.6 Å². The van der Waals surface area contributed by atoms with E-state index in [2.05, 4.69) is 22.8 Å². The standard InChI is InChI=1S/C15H22F3N3S/c1-4-22-9-8-14(21-19-3)20-10-12-6-5-7-13(11(12)2)15(16,17)18/h5-7,19H,4,8-10H2,1-3H3,(H,20,21). The minimum atomic E-state index is -4.32. The number of thioether (sulfide) groups is 1. The lowest BCUT2D eigenvalue weighted by Crippen LogP contribution is -2.26. The van der Waals surface area contributed by atoms with Gasteiger partial charge in [0.1, 0.15) is 5.84 Å². The van der Waals surface area contributed by atoms with E-state index in [1.165, 1.54) is 13.0 Å². The van der Waals surface area contributed by atoms with Crippen molar-refractivity contribution in [1.82, 2.24) is 10.7 Å². The van der Waals surface area contributed by atoms with Gasteiger partial charge in [0, 0.05) is 25.8 Å². The zero-order valence-electron chi connectivity index (χ0n) is 13.0. The molecule has 2 N–H and O–H groups in total. The van der Waals surface area contributed by atoms with Crippen molar-refractivity contribution in [2.45, 2.75) is 33.0 Å². The van der Waals surface area contributed by atoms with Crippen LogP contribution < -0.4 is 10.7 Å². The first-order chi connectivity index (χ1) is 10.4. The fourth-order valence-corrected chi connectivity index (χ4v) is 2.64. The van der Waals surface area contributed by atoms with Gasteiger partial charge in [0.05, 0.1) is 5.56 Å². The van der Waals surface area contributed by atoms with Gasteiger partial charge in [-0.2, -0.15) is 30.0 Å². The van der Waals surface area contributed by atoms with Gasteiger partial charge < -0.3 is 10.7 Å². The maximum atomic E-state index is 12.9. The Bertz CT molecular complexity index is 501. The zero-order chi connectivity index (χ0) is 16.6. The molecule has 0 amide bonds. The molecular formula is C15H22F3N3S. The number of hydrazone groups is 1. The first kappa shape index (κ1) is 18.7. The second-order valence-electron chi connectivity index (χ2n) is 4.67. The number of amidine groups is 1. The molecule has 22 heavy (non-hydrogen) atoms. The molecule has 7 heteroatoms. The Balaban J connectivity index is 2.76. The van der Waals surface area contributed by atoms with E-state index in [4.69, 9.17) is 0 Å². The van der Waals surface area contributed by atoms with Crippen LogP contribution in [0, 0.1) is 6.92 Å². The van der Waals surface area contributed by atoms with Gasteiger partial charge in [-0.25, -0.2) is 0 Å². The SMILES string of the molecule is CCSCC/C(=N\NC)NCc1cccc(C(F)(F)F)c1C. The van der Waals surface area contributed by atoms with E-state index in [-0.39, 0.29) is 5.56 Å². The van der Waals surface area contributed by atoms with E-state index in [1.54, 1.807) is 24.9 Å². The van der Waals surface area contributed by atoms with Crippen molar-refractivity contribution in [3.63, 3.8) is 0 Å². The predicted octanol–water partition coefficient (Wildman–Crippen LogP) is 3.78. The fourth-order valence-electron chi connectivity index (χ4n) is 2.01. The van der Waals surface area contributed by atoms with Crippen molar-refractivity contribution in [3.8, 4) is 0 Å². The molecule has 0 saturated carbocycles. The van der Waals surface area contributed by atoms with Crippen LogP contribution in [-0.2, 0) is 12.7 Å². The van der Waals surface area contributed by atoms with Crippen LogP contribution >= 0.6 is 11.8 Å². The van der Waals surface area contributed by atoms with E-state index in [0.29, 0.717) is 12.1 Å². The van der Waals surface area contributed by atoms with E-state index < -0.39 is 11.7 Å². The average molecular weight is 333 g/mol. The highest BCUT2D eigenvalue weighted by Crippen LogP contribution is 2.32. The smallest absolute Gasteiger partial charge is 0.368 e. The number of rotatable bonds is 7. The fraction of sp³-hybridized carbons (Fsp3) is 0.533. The molecule has 0 bridgehead atoms. The van der Waals surface area contributed by atoms with E-state index in [1.807, 2.05) is 0 Å². The lowest BCUT2D eigenvalue weighted by Gasteiger charge is -2.15. The van der Waals surface area contributed by atoms with E-state index >= 15 is 0 Å². The number of nitrogens with zero attached hydrogens (tertiary/aromatic N) is 1. The molecule has 0 aliphatic heterocycles. The summed E-state index contributed by atoms with van der Waals surface area (Å²) in [4.78, 5) is 0. The molecule has 0 saturated heterocycles. The monoisotopic (exact) mass is 333 g/mol. The molecular weight excluding hydrogens is 311 g/mol. The van der Waals surface area contributed by atoms with Crippen molar-refractivity contribution in [2.24, 2.45) is 5.10 Å². The van der Waals surface area contributed by atoms with Crippen LogP contribution in [0.15, 0.2) is 23.3 Å². The molecule has 0 aliphatic rings. The summed E-state index contributed by atoms with van der Waals surface area (Å²) in [5.74, 6) is 2.70. The Labute approximate surface area is 133 Å². The van der Waals surface area contributed by atoms with Gasteiger partial charge in [0.25, 0.3) is 0 Å². The maximum absolute atomic E-state index is 12.9. The molecule has 0 atom stereocenters. The minimum absolute atomic E-state index is 0.259. The van der Waals surface area contributed by atoms with Crippen LogP contribution in [0.1, 0.15) is 30.0 Å². The van der Waals surface area contributed by atoms with Crippen LogP contribution in [0.4, 0.5) is 13.2 Å². The molecule has 0 fully saturated rings. The first-order valence-corrected chi connectivity index (χ1v) is 8.26. The number of hydrogen-bond acceptors (Lipinski definition) is 3. The molecule has 0 heterocycles. The van der Waals surface area contributed by atoms with Gasteiger partial charge in [0.2, 0.25) is 0 Å². The third kappa shape index (κ3) is 5.79. The summed E-state index contributed by atoms with van der Waals surface area (Å²) in [5, 5.41) is 7.25. The van der Waals surface area contributed by atoms with Crippen molar-refractivity contribution < 1.29 is 13.2 Å². The Morgan fingerprint density at radius 3 is 2.64 bits per heavy atom. The van der Waals surface area contributed by atoms with Crippen LogP contribution in [0.3, 0.4) is 0 Å². The largest absolute Gasteiger partial charge is 0.416 e. The lowest BCUT2D eigenvalue weighted by molar-refractivity contribution is -0.138. The summed E-state index contributed by atoms with van der Waals surface area (Å²) >= 11 is 1.80. The topological polar surface area (TPSA) is 36.4 Å². The van der Waals surface area contributed by atoms with Crippen molar-refractivity contribution in [1.29, 1.82) is 0 Å². The normalized spacial score (nSPS) is 12.4. The zero-order valence-corrected chi connectivity index (χ0v) is 13.9. The summed E-state index contributed by atoms with van der Waals surface area (Å²) in [7, 11) is 1.70. The minimum Gasteiger partial charge on any atom is -0.368 e. The maximum Gasteiger partial charge on any atom is 0.416 e. The number of alkyl halides is 3. The van der Waals surface area contributed by atoms with Crippen LogP contribution in [-0.4, -0.2) is 24.4 Å². The first-order valence-electron chi connectivity index (χ1n) is 7.10. The highest BCUT2D eigenvalue weighted by atomic mass is 32.2. The number of benzene rings is 1. The van der Waals surface area contributed by atoms with Gasteiger partial charge in [-0.05, 0) is 29.9 Å². The molecule has 0 spiro atoms. The molecule has 0 aromatic heterocycles. The average Bonchev–Trinajstić information content (AvgIpc) is 2.45. The third-order valence-corrected chi connectivity index (χ3v) is 4.07. The Morgan fingerprint density at radius 2 is 2.05 bits per heavy atom. The van der Waals surface area contributed by atoms with Gasteiger partial charge in [0.15, 0.2) is 0 Å².